The number of benzene rings is 3. The third kappa shape index (κ3) is 6.31. The summed E-state index contributed by atoms with van der Waals surface area (Å²) in [4.78, 5) is 17.8. The molecule has 1 amide bonds. The maximum atomic E-state index is 15.2. The molecule has 0 saturated carbocycles. The number of halogens is 3. The molecular weight excluding hydrogens is 512 g/mol. The molecule has 0 saturated heterocycles. The minimum absolute atomic E-state index is 0.00303. The van der Waals surface area contributed by atoms with Crippen LogP contribution in [0.15, 0.2) is 66.7 Å². The van der Waals surface area contributed by atoms with Crippen molar-refractivity contribution >= 4 is 17.7 Å². The van der Waals surface area contributed by atoms with Crippen LogP contribution >= 0.6 is 11.6 Å². The van der Waals surface area contributed by atoms with Crippen LogP contribution in [-0.2, 0) is 11.3 Å². The summed E-state index contributed by atoms with van der Waals surface area (Å²) >= 11 is 6.33. The number of rotatable bonds is 9. The van der Waals surface area contributed by atoms with Crippen molar-refractivity contribution in [2.24, 2.45) is 0 Å². The molecule has 0 radical (unpaired) electrons. The summed E-state index contributed by atoms with van der Waals surface area (Å²) in [7, 11) is 1.62. The van der Waals surface area contributed by atoms with Gasteiger partial charge in [0.1, 0.15) is 29.8 Å². The lowest BCUT2D eigenvalue weighted by Crippen LogP contribution is -2.29. The molecule has 0 atom stereocenters. The Bertz CT molecular complexity index is 1390. The zero-order valence-corrected chi connectivity index (χ0v) is 22.1. The van der Waals surface area contributed by atoms with Gasteiger partial charge in [0.15, 0.2) is 5.15 Å². The number of hydrogen-bond donors (Lipinski definition) is 0. The molecule has 0 N–H and O–H groups in total. The molecule has 0 aliphatic carbocycles. The number of nitrogens with zero attached hydrogens (tertiary/aromatic N) is 3. The second-order valence-corrected chi connectivity index (χ2v) is 9.25. The third-order valence-electron chi connectivity index (χ3n) is 5.97. The van der Waals surface area contributed by atoms with E-state index >= 15 is 8.78 Å². The highest BCUT2D eigenvalue weighted by atomic mass is 35.5. The first-order valence-electron chi connectivity index (χ1n) is 12.1. The zero-order chi connectivity index (χ0) is 27.2. The van der Waals surface area contributed by atoms with Crippen LogP contribution in [0.25, 0.3) is 16.9 Å². The van der Waals surface area contributed by atoms with Crippen molar-refractivity contribution in [3.63, 3.8) is 0 Å². The molecule has 4 aromatic rings. The van der Waals surface area contributed by atoms with E-state index in [2.05, 4.69) is 4.98 Å². The van der Waals surface area contributed by atoms with Crippen molar-refractivity contribution in [3.8, 4) is 22.7 Å². The zero-order valence-electron chi connectivity index (χ0n) is 21.4. The summed E-state index contributed by atoms with van der Waals surface area (Å²) in [5.74, 6) is -1.11. The summed E-state index contributed by atoms with van der Waals surface area (Å²) in [6, 6.07) is 19.1. The van der Waals surface area contributed by atoms with Crippen LogP contribution in [-0.4, -0.2) is 40.7 Å². The Kier molecular flexibility index (Phi) is 8.63. The van der Waals surface area contributed by atoms with E-state index in [4.69, 9.17) is 21.1 Å². The van der Waals surface area contributed by atoms with E-state index in [0.717, 1.165) is 23.3 Å². The number of hydrogen-bond acceptors (Lipinski definition) is 4. The molecule has 1 aromatic heterocycles. The van der Waals surface area contributed by atoms with E-state index in [1.807, 2.05) is 61.5 Å². The molecule has 0 fully saturated rings. The van der Waals surface area contributed by atoms with Crippen molar-refractivity contribution in [3.05, 3.63) is 100 Å². The van der Waals surface area contributed by atoms with Gasteiger partial charge in [-0.2, -0.15) is 0 Å². The van der Waals surface area contributed by atoms with Crippen molar-refractivity contribution in [1.29, 1.82) is 0 Å². The van der Waals surface area contributed by atoms with E-state index < -0.39 is 17.7 Å². The van der Waals surface area contributed by atoms with E-state index in [0.29, 0.717) is 24.5 Å². The highest BCUT2D eigenvalue weighted by Gasteiger charge is 2.24. The Labute approximate surface area is 225 Å². The predicted octanol–water partition coefficient (Wildman–Crippen LogP) is 7.13. The van der Waals surface area contributed by atoms with Crippen LogP contribution < -0.4 is 4.74 Å². The molecule has 1 heterocycles. The Morgan fingerprint density at radius 1 is 1.03 bits per heavy atom. The van der Waals surface area contributed by atoms with Gasteiger partial charge in [-0.1, -0.05) is 59.6 Å². The summed E-state index contributed by atoms with van der Waals surface area (Å²) in [5, 5.41) is -0.00303. The molecule has 0 spiro atoms. The molecule has 9 heteroatoms. The van der Waals surface area contributed by atoms with Gasteiger partial charge in [0.25, 0.3) is 0 Å². The molecule has 3 aromatic carbocycles. The second-order valence-electron chi connectivity index (χ2n) is 8.90. The summed E-state index contributed by atoms with van der Waals surface area (Å²) < 4.78 is 42.9. The van der Waals surface area contributed by atoms with Gasteiger partial charge in [-0.15, -0.1) is 0 Å². The highest BCUT2D eigenvalue weighted by molar-refractivity contribution is 6.32. The lowest BCUT2D eigenvalue weighted by molar-refractivity contribution is 0.103. The number of carbonyl (C=O) groups is 1. The van der Waals surface area contributed by atoms with Crippen molar-refractivity contribution in [2.75, 3.05) is 20.2 Å². The summed E-state index contributed by atoms with van der Waals surface area (Å²) in [5.41, 5.74) is 2.47. The monoisotopic (exact) mass is 539 g/mol. The minimum atomic E-state index is -0.822. The largest absolute Gasteiger partial charge is 0.493 e. The van der Waals surface area contributed by atoms with Crippen LogP contribution in [0.2, 0.25) is 5.15 Å². The molecule has 4 rings (SSSR count). The van der Waals surface area contributed by atoms with Gasteiger partial charge in [-0.05, 0) is 38.0 Å². The fraction of sp³-hybridized carbons (Fsp3) is 0.241. The van der Waals surface area contributed by atoms with E-state index in [-0.39, 0.29) is 35.4 Å². The van der Waals surface area contributed by atoms with Gasteiger partial charge < -0.3 is 14.4 Å². The Balaban J connectivity index is 1.39. The third-order valence-corrected chi connectivity index (χ3v) is 6.23. The fourth-order valence-electron chi connectivity index (χ4n) is 4.00. The Morgan fingerprint density at radius 2 is 1.68 bits per heavy atom. The van der Waals surface area contributed by atoms with Gasteiger partial charge in [-0.3, -0.25) is 4.57 Å². The van der Waals surface area contributed by atoms with E-state index in [1.165, 1.54) is 4.90 Å². The molecule has 38 heavy (non-hydrogen) atoms. The average molecular weight is 540 g/mol. The van der Waals surface area contributed by atoms with Gasteiger partial charge in [-0.25, -0.2) is 18.6 Å². The summed E-state index contributed by atoms with van der Waals surface area (Å²) in [6.45, 7) is 4.35. The maximum Gasteiger partial charge on any atom is 0.409 e. The van der Waals surface area contributed by atoms with Crippen LogP contribution in [0.5, 0.6) is 5.75 Å². The van der Waals surface area contributed by atoms with Gasteiger partial charge in [0.05, 0.1) is 17.9 Å². The number of imidazole rings is 1. The highest BCUT2D eigenvalue weighted by Crippen LogP contribution is 2.36. The van der Waals surface area contributed by atoms with Gasteiger partial charge >= 0.3 is 6.09 Å². The number of carbonyl (C=O) groups excluding carboxylic acids is 1. The summed E-state index contributed by atoms with van der Waals surface area (Å²) in [6.07, 6.45) is -0.0275. The molecule has 0 aliphatic rings. The number of amides is 1. The molecule has 0 aliphatic heterocycles. The quantitative estimate of drug-likeness (QED) is 0.212. The maximum absolute atomic E-state index is 15.2. The van der Waals surface area contributed by atoms with E-state index in [9.17, 15) is 4.79 Å². The Morgan fingerprint density at radius 3 is 2.34 bits per heavy atom. The smallest absolute Gasteiger partial charge is 0.409 e. The molecular formula is C29H28ClF2N3O3. The van der Waals surface area contributed by atoms with Gasteiger partial charge in [0.2, 0.25) is 0 Å². The van der Waals surface area contributed by atoms with Crippen LogP contribution in [0.4, 0.5) is 13.6 Å². The Hall–Kier alpha value is -3.91. The lowest BCUT2D eigenvalue weighted by Gasteiger charge is -2.17. The van der Waals surface area contributed by atoms with Crippen LogP contribution in [0, 0.1) is 25.5 Å². The van der Waals surface area contributed by atoms with Crippen LogP contribution in [0.3, 0.4) is 0 Å². The molecule has 6 nitrogen and oxygen atoms in total. The number of aromatic nitrogens is 2. The topological polar surface area (TPSA) is 56.6 Å². The average Bonchev–Trinajstić information content (AvgIpc) is 3.18. The molecule has 198 valence electrons. The second kappa shape index (κ2) is 12.1. The molecule has 0 bridgehead atoms. The standard InChI is InChI=1S/C29H28ClF2N3O3/c1-19-10-12-22(13-11-19)35-20(2)33-28(30)27(35)26-24(31)16-23(17-25(26)32)37-15-7-14-34(3)29(36)38-18-21-8-5-4-6-9-21/h4-6,8-13,16-17H,7,14-15,18H2,1-3H3. The minimum Gasteiger partial charge on any atom is -0.493 e. The van der Waals surface area contributed by atoms with Crippen molar-refractivity contribution in [2.45, 2.75) is 26.9 Å². The fourth-order valence-corrected chi connectivity index (χ4v) is 4.30. The number of aryl methyl sites for hydroxylation is 2. The SMILES string of the molecule is Cc1ccc(-n2c(C)nc(Cl)c2-c2c(F)cc(OCCCN(C)C(=O)OCc3ccccc3)cc2F)cc1. The van der Waals surface area contributed by atoms with Gasteiger partial charge in [0, 0.05) is 31.4 Å². The van der Waals surface area contributed by atoms with Crippen LogP contribution in [0.1, 0.15) is 23.4 Å². The first-order valence-corrected chi connectivity index (χ1v) is 12.5. The lowest BCUT2D eigenvalue weighted by atomic mass is 10.1. The van der Waals surface area contributed by atoms with Crippen molar-refractivity contribution in [1.82, 2.24) is 14.5 Å². The normalized spacial score (nSPS) is 10.9. The predicted molar refractivity (Wildman–Crippen MR) is 143 cm³/mol. The van der Waals surface area contributed by atoms with E-state index in [1.54, 1.807) is 18.5 Å². The molecule has 0 unspecified atom stereocenters. The first-order chi connectivity index (χ1) is 18.2. The first kappa shape index (κ1) is 27.1. The van der Waals surface area contributed by atoms with Crippen molar-refractivity contribution < 1.29 is 23.0 Å². The number of ether oxygens (including phenoxy) is 2.